The molecule has 112 valence electrons. The van der Waals surface area contributed by atoms with E-state index in [9.17, 15) is 13.8 Å². The minimum atomic E-state index is -1.51. The highest BCUT2D eigenvalue weighted by atomic mass is 32.2. The molecular formula is C16H19NO3S. The van der Waals surface area contributed by atoms with Crippen molar-refractivity contribution in [1.29, 1.82) is 0 Å². The summed E-state index contributed by atoms with van der Waals surface area (Å²) in [6, 6.07) is 6.52. The molecule has 2 N–H and O–H groups in total. The average Bonchev–Trinajstić information content (AvgIpc) is 2.49. The van der Waals surface area contributed by atoms with Gasteiger partial charge in [-0.1, -0.05) is 50.5 Å². The molecule has 21 heavy (non-hydrogen) atoms. The molecule has 0 aliphatic heterocycles. The highest BCUT2D eigenvalue weighted by Gasteiger charge is 2.33. The van der Waals surface area contributed by atoms with Crippen LogP contribution in [0, 0.1) is 0 Å². The monoisotopic (exact) mass is 305 g/mol. The van der Waals surface area contributed by atoms with E-state index in [0.29, 0.717) is 16.9 Å². The van der Waals surface area contributed by atoms with Crippen LogP contribution in [0.1, 0.15) is 53.3 Å². The fourth-order valence-electron chi connectivity index (χ4n) is 2.36. The maximum Gasteiger partial charge on any atom is 0.210 e. The summed E-state index contributed by atoms with van der Waals surface area (Å²) in [5, 5.41) is 0. The van der Waals surface area contributed by atoms with E-state index in [4.69, 9.17) is 5.73 Å². The Balaban J connectivity index is 2.23. The molecule has 0 amide bonds. The first-order chi connectivity index (χ1) is 10.1. The lowest BCUT2D eigenvalue weighted by atomic mass is 9.93. The zero-order valence-corrected chi connectivity index (χ0v) is 12.9. The number of fused-ring (bicyclic) bond motifs is 1. The van der Waals surface area contributed by atoms with Crippen molar-refractivity contribution in [3.63, 3.8) is 0 Å². The molecule has 1 aromatic rings. The second-order valence-electron chi connectivity index (χ2n) is 5.06. The third-order valence-electron chi connectivity index (χ3n) is 3.52. The first kappa shape index (κ1) is 15.6. The van der Waals surface area contributed by atoms with Crippen molar-refractivity contribution in [2.75, 3.05) is 5.75 Å². The molecule has 0 saturated carbocycles. The van der Waals surface area contributed by atoms with Crippen LogP contribution in [0.3, 0.4) is 0 Å². The van der Waals surface area contributed by atoms with Gasteiger partial charge < -0.3 is 5.73 Å². The van der Waals surface area contributed by atoms with E-state index in [1.165, 1.54) is 0 Å². The Bertz CT molecular complexity index is 634. The molecule has 0 heterocycles. The van der Waals surface area contributed by atoms with Gasteiger partial charge in [-0.05, 0) is 6.42 Å². The average molecular weight is 305 g/mol. The lowest BCUT2D eigenvalue weighted by molar-refractivity contribution is 0.0980. The van der Waals surface area contributed by atoms with Crippen LogP contribution in [0.15, 0.2) is 34.9 Å². The van der Waals surface area contributed by atoms with Gasteiger partial charge in [-0.25, -0.2) is 0 Å². The zero-order valence-electron chi connectivity index (χ0n) is 12.1. The van der Waals surface area contributed by atoms with Crippen LogP contribution in [0.5, 0.6) is 0 Å². The van der Waals surface area contributed by atoms with E-state index in [-0.39, 0.29) is 16.4 Å². The molecule has 1 atom stereocenters. The van der Waals surface area contributed by atoms with E-state index in [1.54, 1.807) is 24.3 Å². The van der Waals surface area contributed by atoms with Crippen molar-refractivity contribution < 1.29 is 13.8 Å². The number of hydrogen-bond acceptors (Lipinski definition) is 4. The maximum absolute atomic E-state index is 12.4. The Labute approximate surface area is 126 Å². The van der Waals surface area contributed by atoms with Crippen molar-refractivity contribution >= 4 is 22.4 Å². The van der Waals surface area contributed by atoms with Gasteiger partial charge in [-0.15, -0.1) is 0 Å². The smallest absolute Gasteiger partial charge is 0.210 e. The minimum Gasteiger partial charge on any atom is -0.394 e. The van der Waals surface area contributed by atoms with E-state index in [0.717, 1.165) is 25.7 Å². The van der Waals surface area contributed by atoms with Crippen molar-refractivity contribution in [1.82, 2.24) is 0 Å². The second-order valence-corrected chi connectivity index (χ2v) is 6.56. The van der Waals surface area contributed by atoms with E-state index in [1.807, 2.05) is 0 Å². The van der Waals surface area contributed by atoms with Crippen molar-refractivity contribution in [2.24, 2.45) is 5.73 Å². The summed E-state index contributed by atoms with van der Waals surface area (Å²) in [5.74, 6) is -0.407. The number of ketones is 2. The van der Waals surface area contributed by atoms with Crippen LogP contribution in [0.2, 0.25) is 0 Å². The molecule has 0 radical (unpaired) electrons. The summed E-state index contributed by atoms with van der Waals surface area (Å²) in [5.41, 5.74) is 6.21. The number of unbranched alkanes of at least 4 members (excludes halogenated alkanes) is 3. The van der Waals surface area contributed by atoms with Gasteiger partial charge in [0.05, 0.1) is 10.8 Å². The summed E-state index contributed by atoms with van der Waals surface area (Å²) < 4.78 is 12.3. The predicted molar refractivity (Wildman–Crippen MR) is 83.5 cm³/mol. The fraction of sp³-hybridized carbons (Fsp3) is 0.375. The molecule has 5 heteroatoms. The first-order valence-electron chi connectivity index (χ1n) is 7.14. The van der Waals surface area contributed by atoms with Crippen molar-refractivity contribution in [2.45, 2.75) is 32.6 Å². The molecule has 4 nitrogen and oxygen atoms in total. The number of allylic oxidation sites excluding steroid dienone is 2. The van der Waals surface area contributed by atoms with Crippen LogP contribution in [-0.4, -0.2) is 21.5 Å². The molecule has 1 aromatic carbocycles. The topological polar surface area (TPSA) is 77.2 Å². The Morgan fingerprint density at radius 3 is 2.24 bits per heavy atom. The fourth-order valence-corrected chi connectivity index (χ4v) is 3.69. The molecule has 1 aliphatic carbocycles. The summed E-state index contributed by atoms with van der Waals surface area (Å²) in [6.07, 6.45) is 3.89. The van der Waals surface area contributed by atoms with Gasteiger partial charge in [0.25, 0.3) is 0 Å². The van der Waals surface area contributed by atoms with Crippen LogP contribution in [0.4, 0.5) is 0 Å². The first-order valence-corrected chi connectivity index (χ1v) is 8.46. The van der Waals surface area contributed by atoms with Gasteiger partial charge in [-0.2, -0.15) is 0 Å². The molecule has 0 spiro atoms. The predicted octanol–water partition coefficient (Wildman–Crippen LogP) is 2.56. The molecule has 0 fully saturated rings. The Hall–Kier alpha value is -1.75. The summed E-state index contributed by atoms with van der Waals surface area (Å²) in [6.45, 7) is 2.09. The number of benzene rings is 1. The normalized spacial score (nSPS) is 16.0. The van der Waals surface area contributed by atoms with Gasteiger partial charge in [0.15, 0.2) is 0 Å². The number of Topliss-reactive ketones (excluding diaryl/α,β-unsaturated/α-hetero) is 2. The quantitative estimate of drug-likeness (QED) is 0.819. The molecule has 0 aromatic heterocycles. The second kappa shape index (κ2) is 6.80. The number of nitrogens with two attached hydrogens (primary N) is 1. The van der Waals surface area contributed by atoms with E-state index in [2.05, 4.69) is 6.92 Å². The van der Waals surface area contributed by atoms with Crippen molar-refractivity contribution in [3.8, 4) is 0 Å². The van der Waals surface area contributed by atoms with Crippen LogP contribution < -0.4 is 5.73 Å². The molecule has 0 bridgehead atoms. The Morgan fingerprint density at radius 2 is 1.62 bits per heavy atom. The number of carbonyl (C=O) groups is 2. The van der Waals surface area contributed by atoms with Crippen LogP contribution in [0.25, 0.3) is 0 Å². The maximum atomic E-state index is 12.4. The number of carbonyl (C=O) groups excluding carboxylic acids is 2. The van der Waals surface area contributed by atoms with Gasteiger partial charge in [-0.3, -0.25) is 13.8 Å². The summed E-state index contributed by atoms with van der Waals surface area (Å²) in [7, 11) is -1.51. The molecule has 1 aliphatic rings. The molecular weight excluding hydrogens is 286 g/mol. The number of hydrogen-bond donors (Lipinski definition) is 1. The largest absolute Gasteiger partial charge is 0.394 e. The SMILES string of the molecule is CCCCCCS(=O)C1=C(N)C(=O)c2ccccc2C1=O. The molecule has 0 saturated heterocycles. The minimum absolute atomic E-state index is 0.0183. The summed E-state index contributed by atoms with van der Waals surface area (Å²) in [4.78, 5) is 24.6. The summed E-state index contributed by atoms with van der Waals surface area (Å²) >= 11 is 0. The van der Waals surface area contributed by atoms with Crippen molar-refractivity contribution in [3.05, 3.63) is 46.0 Å². The highest BCUT2D eigenvalue weighted by Crippen LogP contribution is 2.26. The van der Waals surface area contributed by atoms with Crippen LogP contribution >= 0.6 is 0 Å². The van der Waals surface area contributed by atoms with Gasteiger partial charge in [0.2, 0.25) is 11.6 Å². The lowest BCUT2D eigenvalue weighted by Crippen LogP contribution is -2.29. The number of rotatable bonds is 6. The standard InChI is InChI=1S/C16H19NO3S/c1-2-3-4-7-10-21(20)16-13(17)14(18)11-8-5-6-9-12(11)15(16)19/h5-6,8-9H,2-4,7,10,17H2,1H3. The van der Waals surface area contributed by atoms with Gasteiger partial charge in [0, 0.05) is 16.9 Å². The van der Waals surface area contributed by atoms with Gasteiger partial charge >= 0.3 is 0 Å². The third kappa shape index (κ3) is 3.13. The Kier molecular flexibility index (Phi) is 5.07. The van der Waals surface area contributed by atoms with Gasteiger partial charge in [0.1, 0.15) is 10.6 Å². The Morgan fingerprint density at radius 1 is 1.00 bits per heavy atom. The highest BCUT2D eigenvalue weighted by molar-refractivity contribution is 7.90. The third-order valence-corrected chi connectivity index (χ3v) is 5.04. The zero-order chi connectivity index (χ0) is 15.4. The van der Waals surface area contributed by atoms with E-state index >= 15 is 0 Å². The lowest BCUT2D eigenvalue weighted by Gasteiger charge is -2.17. The molecule has 1 unspecified atom stereocenters. The van der Waals surface area contributed by atoms with E-state index < -0.39 is 16.6 Å². The van der Waals surface area contributed by atoms with Crippen LogP contribution in [-0.2, 0) is 10.8 Å². The molecule has 2 rings (SSSR count).